The van der Waals surface area contributed by atoms with E-state index >= 15 is 0 Å². The van der Waals surface area contributed by atoms with E-state index < -0.39 is 10.0 Å². The van der Waals surface area contributed by atoms with E-state index in [-0.39, 0.29) is 22.4 Å². The second-order valence-corrected chi connectivity index (χ2v) is 9.05. The van der Waals surface area contributed by atoms with Crippen molar-refractivity contribution in [2.75, 3.05) is 27.3 Å². The van der Waals surface area contributed by atoms with Crippen molar-refractivity contribution < 1.29 is 26.7 Å². The number of ether oxygens (including phenoxy) is 2. The zero-order valence-electron chi connectivity index (χ0n) is 17.1. The van der Waals surface area contributed by atoms with Gasteiger partial charge in [-0.1, -0.05) is 0 Å². The molecule has 8 nitrogen and oxygen atoms in total. The molecule has 1 fully saturated rings. The molecule has 3 aromatic rings. The topological polar surface area (TPSA) is 94.8 Å². The van der Waals surface area contributed by atoms with E-state index in [4.69, 9.17) is 13.9 Å². The van der Waals surface area contributed by atoms with Gasteiger partial charge >= 0.3 is 0 Å². The molecule has 2 aromatic carbocycles. The summed E-state index contributed by atoms with van der Waals surface area (Å²) in [6.07, 6.45) is 1.08. The van der Waals surface area contributed by atoms with E-state index in [2.05, 4.69) is 10.2 Å². The largest absolute Gasteiger partial charge is 0.497 e. The molecule has 164 valence electrons. The summed E-state index contributed by atoms with van der Waals surface area (Å²) in [7, 11) is -0.846. The van der Waals surface area contributed by atoms with E-state index in [0.717, 1.165) is 0 Å². The average molecular weight is 447 g/mol. The predicted molar refractivity (Wildman–Crippen MR) is 110 cm³/mol. The van der Waals surface area contributed by atoms with E-state index in [9.17, 15) is 12.8 Å². The molecule has 0 atom stereocenters. The Morgan fingerprint density at radius 2 is 1.74 bits per heavy atom. The van der Waals surface area contributed by atoms with Crippen LogP contribution in [-0.2, 0) is 10.0 Å². The van der Waals surface area contributed by atoms with Crippen LogP contribution in [-0.4, -0.2) is 50.2 Å². The zero-order valence-corrected chi connectivity index (χ0v) is 17.9. The number of benzene rings is 2. The van der Waals surface area contributed by atoms with Crippen LogP contribution in [0.15, 0.2) is 51.8 Å². The number of rotatable bonds is 6. The quantitative estimate of drug-likeness (QED) is 0.571. The first-order valence-corrected chi connectivity index (χ1v) is 11.2. The van der Waals surface area contributed by atoms with Gasteiger partial charge in [-0.15, -0.1) is 10.2 Å². The van der Waals surface area contributed by atoms with Gasteiger partial charge in [-0.05, 0) is 49.2 Å². The summed E-state index contributed by atoms with van der Waals surface area (Å²) in [5, 5.41) is 8.17. The van der Waals surface area contributed by atoms with Crippen LogP contribution in [0.5, 0.6) is 11.5 Å². The molecule has 0 N–H and O–H groups in total. The standard InChI is InChI=1S/C21H22FN3O5S/c1-28-17-7-8-18(29-2)19(13-17)31(26,27)25-11-9-15(10-12-25)21-24-23-20(30-21)14-3-5-16(22)6-4-14/h3-8,13,15H,9-12H2,1-2H3. The van der Waals surface area contributed by atoms with E-state index in [0.29, 0.717) is 49.0 Å². The maximum absolute atomic E-state index is 13.2. The molecule has 1 saturated heterocycles. The highest BCUT2D eigenvalue weighted by Crippen LogP contribution is 2.35. The second-order valence-electron chi connectivity index (χ2n) is 7.15. The van der Waals surface area contributed by atoms with Crippen molar-refractivity contribution >= 4 is 10.0 Å². The zero-order chi connectivity index (χ0) is 22.0. The summed E-state index contributed by atoms with van der Waals surface area (Å²) < 4.78 is 57.1. The fourth-order valence-corrected chi connectivity index (χ4v) is 5.22. The maximum Gasteiger partial charge on any atom is 0.247 e. The monoisotopic (exact) mass is 447 g/mol. The molecule has 0 radical (unpaired) electrons. The lowest BCUT2D eigenvalue weighted by atomic mass is 9.98. The number of halogens is 1. The van der Waals surface area contributed by atoms with Crippen LogP contribution < -0.4 is 9.47 Å². The van der Waals surface area contributed by atoms with E-state index in [1.165, 1.54) is 36.7 Å². The molecule has 0 spiro atoms. The van der Waals surface area contributed by atoms with Crippen molar-refractivity contribution in [3.8, 4) is 23.0 Å². The van der Waals surface area contributed by atoms with Gasteiger partial charge in [-0.2, -0.15) is 4.31 Å². The Morgan fingerprint density at radius 3 is 2.39 bits per heavy atom. The molecule has 0 amide bonds. The summed E-state index contributed by atoms with van der Waals surface area (Å²) in [5.74, 6) is 1.07. The number of aromatic nitrogens is 2. The summed E-state index contributed by atoms with van der Waals surface area (Å²) in [6, 6.07) is 10.5. The van der Waals surface area contributed by atoms with E-state index in [1.807, 2.05) is 0 Å². The Kier molecular flexibility index (Phi) is 5.92. The molecule has 10 heteroatoms. The molecular formula is C21H22FN3O5S. The summed E-state index contributed by atoms with van der Waals surface area (Å²) in [4.78, 5) is 0.0733. The molecule has 4 rings (SSSR count). The Morgan fingerprint density at radius 1 is 1.03 bits per heavy atom. The highest BCUT2D eigenvalue weighted by atomic mass is 32.2. The smallest absolute Gasteiger partial charge is 0.247 e. The highest BCUT2D eigenvalue weighted by molar-refractivity contribution is 7.89. The summed E-state index contributed by atoms with van der Waals surface area (Å²) in [5.41, 5.74) is 0.630. The van der Waals surface area contributed by atoms with Gasteiger partial charge in [0.2, 0.25) is 21.8 Å². The van der Waals surface area contributed by atoms with Gasteiger partial charge in [0.25, 0.3) is 0 Å². The molecule has 1 aromatic heterocycles. The van der Waals surface area contributed by atoms with Crippen molar-refractivity contribution in [1.82, 2.24) is 14.5 Å². The first-order valence-electron chi connectivity index (χ1n) is 9.74. The normalized spacial score (nSPS) is 15.7. The molecule has 0 bridgehead atoms. The minimum atomic E-state index is -3.76. The third kappa shape index (κ3) is 4.26. The van der Waals surface area contributed by atoms with Crippen LogP contribution in [0.2, 0.25) is 0 Å². The van der Waals surface area contributed by atoms with E-state index in [1.54, 1.807) is 24.3 Å². The molecule has 2 heterocycles. The summed E-state index contributed by atoms with van der Waals surface area (Å²) >= 11 is 0. The fraction of sp³-hybridized carbons (Fsp3) is 0.333. The van der Waals surface area contributed by atoms with Crippen molar-refractivity contribution in [2.24, 2.45) is 0 Å². The Balaban J connectivity index is 1.48. The number of methoxy groups -OCH3 is 2. The third-order valence-corrected chi connectivity index (χ3v) is 7.24. The van der Waals surface area contributed by atoms with Crippen molar-refractivity contribution in [3.05, 3.63) is 54.2 Å². The van der Waals surface area contributed by atoms with Gasteiger partial charge in [0.1, 0.15) is 22.2 Å². The number of hydrogen-bond acceptors (Lipinski definition) is 7. The van der Waals surface area contributed by atoms with Crippen LogP contribution in [0.3, 0.4) is 0 Å². The van der Waals surface area contributed by atoms with Crippen molar-refractivity contribution in [2.45, 2.75) is 23.7 Å². The van der Waals surface area contributed by atoms with Crippen LogP contribution in [0.4, 0.5) is 4.39 Å². The molecular weight excluding hydrogens is 425 g/mol. The molecule has 1 aliphatic rings. The average Bonchev–Trinajstić information content (AvgIpc) is 3.29. The number of sulfonamides is 1. The lowest BCUT2D eigenvalue weighted by molar-refractivity contribution is 0.290. The molecule has 0 unspecified atom stereocenters. The highest BCUT2D eigenvalue weighted by Gasteiger charge is 2.34. The van der Waals surface area contributed by atoms with Crippen molar-refractivity contribution in [3.63, 3.8) is 0 Å². The lowest BCUT2D eigenvalue weighted by Gasteiger charge is -2.30. The van der Waals surface area contributed by atoms with Crippen LogP contribution in [0.1, 0.15) is 24.7 Å². The van der Waals surface area contributed by atoms with Crippen LogP contribution in [0.25, 0.3) is 11.5 Å². The maximum atomic E-state index is 13.2. The number of hydrogen-bond donors (Lipinski definition) is 0. The van der Waals surface area contributed by atoms with Crippen molar-refractivity contribution in [1.29, 1.82) is 0 Å². The van der Waals surface area contributed by atoms with Gasteiger partial charge in [0, 0.05) is 30.6 Å². The number of nitrogens with zero attached hydrogens (tertiary/aromatic N) is 3. The third-order valence-electron chi connectivity index (χ3n) is 5.32. The molecule has 0 aliphatic carbocycles. The SMILES string of the molecule is COc1ccc(OC)c(S(=O)(=O)N2CCC(c3nnc(-c4ccc(F)cc4)o3)CC2)c1. The minimum Gasteiger partial charge on any atom is -0.497 e. The van der Waals surface area contributed by atoms with Gasteiger partial charge < -0.3 is 13.9 Å². The first-order chi connectivity index (χ1) is 14.9. The lowest BCUT2D eigenvalue weighted by Crippen LogP contribution is -2.38. The Bertz CT molecular complexity index is 1160. The number of piperidine rings is 1. The second kappa shape index (κ2) is 8.64. The van der Waals surface area contributed by atoms with Gasteiger partial charge in [-0.25, -0.2) is 12.8 Å². The molecule has 31 heavy (non-hydrogen) atoms. The minimum absolute atomic E-state index is 0.0552. The van der Waals surface area contributed by atoms with Crippen LogP contribution >= 0.6 is 0 Å². The van der Waals surface area contributed by atoms with Gasteiger partial charge in [-0.3, -0.25) is 0 Å². The van der Waals surface area contributed by atoms with Gasteiger partial charge in [0.05, 0.1) is 14.2 Å². The predicted octanol–water partition coefficient (Wildman–Crippen LogP) is 3.46. The fourth-order valence-electron chi connectivity index (χ4n) is 3.58. The molecule has 1 aliphatic heterocycles. The van der Waals surface area contributed by atoms with Gasteiger partial charge in [0.15, 0.2) is 0 Å². The molecule has 0 saturated carbocycles. The van der Waals surface area contributed by atoms with Crippen LogP contribution in [0, 0.1) is 5.82 Å². The summed E-state index contributed by atoms with van der Waals surface area (Å²) in [6.45, 7) is 0.614. The Labute approximate surface area is 179 Å². The first kappa shape index (κ1) is 21.3. The Hall–Kier alpha value is -2.98.